The van der Waals surface area contributed by atoms with Gasteiger partial charge in [0.2, 0.25) is 0 Å². The minimum absolute atomic E-state index is 0.0637. The zero-order valence-electron chi connectivity index (χ0n) is 18.1. The summed E-state index contributed by atoms with van der Waals surface area (Å²) in [6, 6.07) is 4.02. The van der Waals surface area contributed by atoms with Gasteiger partial charge in [0.25, 0.3) is 0 Å². The molecule has 0 aliphatic heterocycles. The van der Waals surface area contributed by atoms with Gasteiger partial charge in [-0.2, -0.15) is 0 Å². The first-order valence-corrected chi connectivity index (χ1v) is 10.1. The average Bonchev–Trinajstić information content (AvgIpc) is 3.06. The predicted molar refractivity (Wildman–Crippen MR) is 113 cm³/mol. The highest BCUT2D eigenvalue weighted by Crippen LogP contribution is 2.41. The number of anilines is 1. The third kappa shape index (κ3) is 3.99. The molecule has 0 spiro atoms. The van der Waals surface area contributed by atoms with E-state index in [1.165, 1.54) is 0 Å². The van der Waals surface area contributed by atoms with Crippen molar-refractivity contribution in [3.05, 3.63) is 47.8 Å². The number of fused-ring (bicyclic) bond motifs is 1. The van der Waals surface area contributed by atoms with Crippen molar-refractivity contribution in [3.63, 3.8) is 0 Å². The van der Waals surface area contributed by atoms with Gasteiger partial charge in [-0.15, -0.1) is 10.2 Å². The molecule has 0 saturated heterocycles. The Morgan fingerprint density at radius 1 is 1.14 bits per heavy atom. The maximum Gasteiger partial charge on any atom is 0.160 e. The molecule has 0 unspecified atom stereocenters. The molecule has 0 radical (unpaired) electrons. The number of aryl methyl sites for hydroxylation is 1. The van der Waals surface area contributed by atoms with Crippen molar-refractivity contribution in [2.45, 2.75) is 58.9 Å². The Kier molecular flexibility index (Phi) is 4.63. The summed E-state index contributed by atoms with van der Waals surface area (Å²) in [6.45, 7) is 11.0. The number of hydrogen-bond donors (Lipinski definition) is 1. The molecule has 3 heterocycles. The van der Waals surface area contributed by atoms with Crippen LogP contribution in [0.25, 0.3) is 11.5 Å². The molecule has 7 nitrogen and oxygen atoms in total. The largest absolute Gasteiger partial charge is 0.362 e. The van der Waals surface area contributed by atoms with E-state index < -0.39 is 0 Å². The Labute approximate surface area is 172 Å². The summed E-state index contributed by atoms with van der Waals surface area (Å²) in [6.07, 6.45) is 7.59. The summed E-state index contributed by atoms with van der Waals surface area (Å²) in [5, 5.41) is 12.3. The monoisotopic (exact) mass is 391 g/mol. The highest BCUT2D eigenvalue weighted by Gasteiger charge is 2.34. The molecule has 1 N–H and O–H groups in total. The molecule has 0 saturated carbocycles. The molecule has 0 amide bonds. The summed E-state index contributed by atoms with van der Waals surface area (Å²) in [4.78, 5) is 13.9. The second kappa shape index (κ2) is 6.90. The van der Waals surface area contributed by atoms with Gasteiger partial charge in [0.05, 0.1) is 6.04 Å². The fraction of sp³-hybridized carbons (Fsp3) is 0.500. The number of aromatic nitrogens is 6. The van der Waals surface area contributed by atoms with E-state index in [2.05, 4.69) is 60.1 Å². The number of imidazole rings is 1. The summed E-state index contributed by atoms with van der Waals surface area (Å²) in [7, 11) is 1.95. The molecule has 0 fully saturated rings. The fourth-order valence-electron chi connectivity index (χ4n) is 3.86. The number of rotatable bonds is 3. The van der Waals surface area contributed by atoms with E-state index >= 15 is 0 Å². The van der Waals surface area contributed by atoms with Gasteiger partial charge in [0.15, 0.2) is 5.82 Å². The van der Waals surface area contributed by atoms with Crippen molar-refractivity contribution in [1.29, 1.82) is 0 Å². The Morgan fingerprint density at radius 3 is 2.55 bits per heavy atom. The number of nitrogens with zero attached hydrogens (tertiary/aromatic N) is 6. The minimum Gasteiger partial charge on any atom is -0.362 e. The van der Waals surface area contributed by atoms with Gasteiger partial charge < -0.3 is 9.88 Å². The van der Waals surface area contributed by atoms with Crippen molar-refractivity contribution >= 4 is 5.82 Å². The van der Waals surface area contributed by atoms with Crippen LogP contribution in [0, 0.1) is 5.41 Å². The van der Waals surface area contributed by atoms with E-state index in [4.69, 9.17) is 4.98 Å². The highest BCUT2D eigenvalue weighted by atomic mass is 15.2. The molecule has 1 aliphatic rings. The third-order valence-corrected chi connectivity index (χ3v) is 5.39. The van der Waals surface area contributed by atoms with Crippen LogP contribution in [0.1, 0.15) is 64.2 Å². The first-order chi connectivity index (χ1) is 13.6. The van der Waals surface area contributed by atoms with E-state index in [0.29, 0.717) is 0 Å². The molecule has 4 rings (SSSR count). The first kappa shape index (κ1) is 19.5. The predicted octanol–water partition coefficient (Wildman–Crippen LogP) is 4.09. The molecular weight excluding hydrogens is 362 g/mol. The molecule has 1 atom stereocenters. The lowest BCUT2D eigenvalue weighted by Crippen LogP contribution is -2.32. The summed E-state index contributed by atoms with van der Waals surface area (Å²) < 4.78 is 1.93. The van der Waals surface area contributed by atoms with Crippen LogP contribution >= 0.6 is 0 Å². The van der Waals surface area contributed by atoms with Crippen molar-refractivity contribution < 1.29 is 0 Å². The molecule has 29 heavy (non-hydrogen) atoms. The SMILES string of the molecule is Cn1ccnc1-c1ccc(N[C@@H]2CC(C)(C)Cc3nc(C(C)(C)C)ncc32)nn1. The van der Waals surface area contributed by atoms with Crippen LogP contribution in [-0.2, 0) is 18.9 Å². The lowest BCUT2D eigenvalue weighted by molar-refractivity contribution is 0.284. The summed E-state index contributed by atoms with van der Waals surface area (Å²) in [5.41, 5.74) is 3.13. The second-order valence-electron chi connectivity index (χ2n) is 9.75. The van der Waals surface area contributed by atoms with Gasteiger partial charge in [-0.1, -0.05) is 34.6 Å². The van der Waals surface area contributed by atoms with Crippen LogP contribution in [0.15, 0.2) is 30.7 Å². The van der Waals surface area contributed by atoms with E-state index in [-0.39, 0.29) is 16.9 Å². The topological polar surface area (TPSA) is 81.4 Å². The van der Waals surface area contributed by atoms with E-state index in [1.54, 1.807) is 6.20 Å². The molecule has 7 heteroatoms. The molecule has 1 aliphatic carbocycles. The molecule has 152 valence electrons. The van der Waals surface area contributed by atoms with Crippen LogP contribution in [0.2, 0.25) is 0 Å². The average molecular weight is 392 g/mol. The second-order valence-corrected chi connectivity index (χ2v) is 9.75. The van der Waals surface area contributed by atoms with E-state index in [0.717, 1.165) is 47.3 Å². The normalized spacial score (nSPS) is 18.3. The molecule has 3 aromatic rings. The zero-order chi connectivity index (χ0) is 20.8. The van der Waals surface area contributed by atoms with Crippen LogP contribution in [0.5, 0.6) is 0 Å². The smallest absolute Gasteiger partial charge is 0.160 e. The van der Waals surface area contributed by atoms with Gasteiger partial charge >= 0.3 is 0 Å². The van der Waals surface area contributed by atoms with Crippen molar-refractivity contribution in [3.8, 4) is 11.5 Å². The van der Waals surface area contributed by atoms with Gasteiger partial charge in [-0.25, -0.2) is 15.0 Å². The summed E-state index contributed by atoms with van der Waals surface area (Å²) >= 11 is 0. The maximum atomic E-state index is 4.93. The maximum absolute atomic E-state index is 4.93. The first-order valence-electron chi connectivity index (χ1n) is 10.1. The highest BCUT2D eigenvalue weighted by molar-refractivity contribution is 5.51. The van der Waals surface area contributed by atoms with Crippen molar-refractivity contribution in [2.24, 2.45) is 12.5 Å². The Morgan fingerprint density at radius 2 is 1.93 bits per heavy atom. The van der Waals surface area contributed by atoms with E-state index in [9.17, 15) is 0 Å². The fourth-order valence-corrected chi connectivity index (χ4v) is 3.86. The van der Waals surface area contributed by atoms with Crippen molar-refractivity contribution in [1.82, 2.24) is 29.7 Å². The third-order valence-electron chi connectivity index (χ3n) is 5.39. The van der Waals surface area contributed by atoms with Gasteiger partial charge in [0.1, 0.15) is 17.3 Å². The lowest BCUT2D eigenvalue weighted by atomic mass is 9.74. The Hall–Kier alpha value is -2.83. The van der Waals surface area contributed by atoms with Crippen LogP contribution in [0.4, 0.5) is 5.82 Å². The van der Waals surface area contributed by atoms with Crippen LogP contribution in [0.3, 0.4) is 0 Å². The molecule has 3 aromatic heterocycles. The molecule has 0 bridgehead atoms. The number of nitrogens with one attached hydrogen (secondary N) is 1. The van der Waals surface area contributed by atoms with E-state index in [1.807, 2.05) is 36.1 Å². The standard InChI is InChI=1S/C22H29N7/c1-21(2,3)20-24-13-14-16(11-22(4,5)12-17(14)26-20)25-18-8-7-15(27-28-18)19-23-9-10-29(19)6/h7-10,13,16H,11-12H2,1-6H3,(H,25,28)/t16-/m1/s1. The van der Waals surface area contributed by atoms with Gasteiger partial charge in [-0.05, 0) is 30.4 Å². The Balaban J connectivity index is 1.61. The lowest BCUT2D eigenvalue weighted by Gasteiger charge is -2.37. The van der Waals surface area contributed by atoms with Crippen molar-refractivity contribution in [2.75, 3.05) is 5.32 Å². The molecular formula is C22H29N7. The molecule has 0 aromatic carbocycles. The van der Waals surface area contributed by atoms with Crippen LogP contribution < -0.4 is 5.32 Å². The van der Waals surface area contributed by atoms with Gasteiger partial charge in [-0.3, -0.25) is 0 Å². The minimum atomic E-state index is -0.0637. The van der Waals surface area contributed by atoms with Crippen LogP contribution in [-0.4, -0.2) is 29.7 Å². The van der Waals surface area contributed by atoms with Gasteiger partial charge in [0, 0.05) is 42.3 Å². The Bertz CT molecular complexity index is 1010. The number of hydrogen-bond acceptors (Lipinski definition) is 6. The quantitative estimate of drug-likeness (QED) is 0.724. The summed E-state index contributed by atoms with van der Waals surface area (Å²) in [5.74, 6) is 2.44. The zero-order valence-corrected chi connectivity index (χ0v) is 18.1.